The van der Waals surface area contributed by atoms with Gasteiger partial charge in [0.2, 0.25) is 11.8 Å². The van der Waals surface area contributed by atoms with Crippen molar-refractivity contribution in [2.75, 3.05) is 52.5 Å². The first-order valence-electron chi connectivity index (χ1n) is 17.1. The van der Waals surface area contributed by atoms with Gasteiger partial charge in [-0.2, -0.15) is 0 Å². The summed E-state index contributed by atoms with van der Waals surface area (Å²) in [5.41, 5.74) is 2.71. The van der Waals surface area contributed by atoms with Crippen molar-refractivity contribution in [1.29, 1.82) is 0 Å². The molecular weight excluding hydrogens is 616 g/mol. The van der Waals surface area contributed by atoms with E-state index in [1.165, 1.54) is 89.7 Å². The number of aliphatic carboxylic acids is 2. The minimum atomic E-state index is -2.19. The Morgan fingerprint density at radius 3 is 1.33 bits per heavy atom. The summed E-state index contributed by atoms with van der Waals surface area (Å²) >= 11 is 0. The predicted octanol–water partition coefficient (Wildman–Crippen LogP) is -1.19. The van der Waals surface area contributed by atoms with Gasteiger partial charge >= 0.3 is 0 Å². The van der Waals surface area contributed by atoms with E-state index in [2.05, 4.69) is 47.0 Å². The van der Waals surface area contributed by atoms with Crippen LogP contribution in [0.2, 0.25) is 0 Å². The van der Waals surface area contributed by atoms with E-state index in [4.69, 9.17) is 29.3 Å². The Morgan fingerprint density at radius 1 is 0.625 bits per heavy atom. The molecular formula is C36H54N4O8. The van der Waals surface area contributed by atoms with Gasteiger partial charge in [-0.1, -0.05) is 24.3 Å². The maximum absolute atomic E-state index is 10.8. The number of rotatable bonds is 14. The Labute approximate surface area is 284 Å². The molecule has 2 amide bonds. The molecule has 4 N–H and O–H groups in total. The number of carboxylic acids is 2. The zero-order valence-corrected chi connectivity index (χ0v) is 28.6. The van der Waals surface area contributed by atoms with Gasteiger partial charge < -0.3 is 49.7 Å². The maximum atomic E-state index is 10.8. The minimum Gasteiger partial charge on any atom is -0.543 e. The first-order valence-corrected chi connectivity index (χ1v) is 17.1. The fourth-order valence-corrected chi connectivity index (χ4v) is 5.58. The number of hydrogen-bond donors (Lipinski definition) is 4. The lowest BCUT2D eigenvalue weighted by Gasteiger charge is -2.23. The van der Waals surface area contributed by atoms with E-state index >= 15 is 0 Å². The molecule has 0 saturated carbocycles. The quantitative estimate of drug-likeness (QED) is 0.144. The molecule has 0 aliphatic carbocycles. The standard InChI is InChI=1S/2C17H26N2O2.C2H2O4/c2*1-15(20)18-9-6-12-21-17-8-5-7-16(13-17)14-19-10-3-2-4-11-19;3-1(4)2(5)6/h2*5,7-8,13H,2-4,6,9-12,14H2,1H3,(H,18,20);(H,3,4)(H,5,6). The highest BCUT2D eigenvalue weighted by molar-refractivity contribution is 6.25. The normalized spacial score (nSPS) is 14.6. The molecule has 266 valence electrons. The topological polar surface area (TPSA) is 166 Å². The van der Waals surface area contributed by atoms with E-state index in [9.17, 15) is 9.59 Å². The number of quaternary nitrogens is 2. The van der Waals surface area contributed by atoms with Gasteiger partial charge in [-0.05, 0) is 75.6 Å². The van der Waals surface area contributed by atoms with E-state index in [1.54, 1.807) is 9.80 Å². The Kier molecular flexibility index (Phi) is 20.1. The number of ether oxygens (including phenoxy) is 2. The first kappa shape index (κ1) is 40.0. The van der Waals surface area contributed by atoms with E-state index < -0.39 is 11.9 Å². The summed E-state index contributed by atoms with van der Waals surface area (Å²) in [5, 5.41) is 23.4. The number of benzene rings is 2. The van der Waals surface area contributed by atoms with E-state index in [0.29, 0.717) is 26.3 Å². The van der Waals surface area contributed by atoms with Gasteiger partial charge in [-0.25, -0.2) is 0 Å². The van der Waals surface area contributed by atoms with Crippen molar-refractivity contribution in [3.05, 3.63) is 59.7 Å². The van der Waals surface area contributed by atoms with Crippen LogP contribution >= 0.6 is 0 Å². The van der Waals surface area contributed by atoms with E-state index in [0.717, 1.165) is 37.4 Å². The molecule has 0 bridgehead atoms. The monoisotopic (exact) mass is 670 g/mol. The molecule has 0 spiro atoms. The van der Waals surface area contributed by atoms with E-state index in [-0.39, 0.29) is 11.8 Å². The smallest absolute Gasteiger partial charge is 0.216 e. The third kappa shape index (κ3) is 19.5. The SMILES string of the molecule is CC(=O)NCCCOc1cccc(C[NH+]2CCCCC2)c1.CC(=O)NCCCOc1cccc(C[NH+]2CCCCC2)c1.O=C([O-])C(=O)[O-]. The van der Waals surface area contributed by atoms with Crippen LogP contribution in [0.25, 0.3) is 0 Å². The van der Waals surface area contributed by atoms with Gasteiger partial charge in [0.05, 0.1) is 51.3 Å². The van der Waals surface area contributed by atoms with Crippen LogP contribution in [-0.4, -0.2) is 76.2 Å². The molecule has 12 heteroatoms. The Balaban J connectivity index is 0.000000286. The predicted molar refractivity (Wildman–Crippen MR) is 177 cm³/mol. The van der Waals surface area contributed by atoms with Crippen molar-refractivity contribution in [1.82, 2.24) is 10.6 Å². The number of hydrogen-bond acceptors (Lipinski definition) is 8. The van der Waals surface area contributed by atoms with Crippen molar-refractivity contribution in [3.63, 3.8) is 0 Å². The van der Waals surface area contributed by atoms with Crippen molar-refractivity contribution >= 4 is 23.8 Å². The highest BCUT2D eigenvalue weighted by Gasteiger charge is 2.15. The van der Waals surface area contributed by atoms with Crippen molar-refractivity contribution < 1.29 is 48.7 Å². The number of carboxylic acid groups (broad SMARTS) is 2. The lowest BCUT2D eigenvalue weighted by Crippen LogP contribution is -3.11. The second-order valence-corrected chi connectivity index (χ2v) is 12.2. The fraction of sp³-hybridized carbons (Fsp3) is 0.556. The molecule has 2 fully saturated rings. The average Bonchev–Trinajstić information content (AvgIpc) is 3.06. The summed E-state index contributed by atoms with van der Waals surface area (Å²) in [7, 11) is 0. The van der Waals surface area contributed by atoms with Crippen LogP contribution in [0.1, 0.15) is 76.3 Å². The molecule has 0 radical (unpaired) electrons. The molecule has 2 aliphatic rings. The van der Waals surface area contributed by atoms with Crippen LogP contribution in [0.5, 0.6) is 11.5 Å². The Bertz CT molecular complexity index is 1150. The summed E-state index contributed by atoms with van der Waals surface area (Å²) in [5.74, 6) is -2.47. The summed E-state index contributed by atoms with van der Waals surface area (Å²) < 4.78 is 11.5. The zero-order valence-electron chi connectivity index (χ0n) is 28.6. The number of nitrogens with one attached hydrogen (secondary N) is 4. The second-order valence-electron chi connectivity index (χ2n) is 12.2. The largest absolute Gasteiger partial charge is 0.543 e. The summed E-state index contributed by atoms with van der Waals surface area (Å²) in [6.07, 6.45) is 9.87. The lowest BCUT2D eigenvalue weighted by molar-refractivity contribution is -0.918. The zero-order chi connectivity index (χ0) is 35.0. The number of likely N-dealkylation sites (tertiary alicyclic amines) is 2. The van der Waals surface area contributed by atoms with Gasteiger partial charge in [0.15, 0.2) is 0 Å². The van der Waals surface area contributed by atoms with E-state index in [1.807, 2.05) is 12.1 Å². The van der Waals surface area contributed by atoms with Crippen molar-refractivity contribution in [2.24, 2.45) is 0 Å². The first-order chi connectivity index (χ1) is 23.1. The number of carbonyl (C=O) groups excluding carboxylic acids is 4. The molecule has 12 nitrogen and oxygen atoms in total. The Hall–Kier alpha value is -4.16. The minimum absolute atomic E-state index is 0.0153. The number of amides is 2. The van der Waals surface area contributed by atoms with Crippen molar-refractivity contribution in [3.8, 4) is 11.5 Å². The molecule has 2 aliphatic heterocycles. The van der Waals surface area contributed by atoms with Crippen LogP contribution in [0.15, 0.2) is 48.5 Å². The van der Waals surface area contributed by atoms with Crippen LogP contribution in [-0.2, 0) is 32.3 Å². The molecule has 0 aromatic heterocycles. The maximum Gasteiger partial charge on any atom is 0.216 e. The molecule has 0 atom stereocenters. The molecule has 2 aromatic rings. The van der Waals surface area contributed by atoms with Gasteiger partial charge in [0.1, 0.15) is 24.6 Å². The van der Waals surface area contributed by atoms with Gasteiger partial charge in [-0.3, -0.25) is 9.59 Å². The van der Waals surface area contributed by atoms with Gasteiger partial charge in [0, 0.05) is 38.1 Å². The van der Waals surface area contributed by atoms with Crippen LogP contribution in [0.4, 0.5) is 0 Å². The molecule has 2 heterocycles. The summed E-state index contributed by atoms with van der Waals surface area (Å²) in [6, 6.07) is 16.8. The van der Waals surface area contributed by atoms with Gasteiger partial charge in [0.25, 0.3) is 0 Å². The highest BCUT2D eigenvalue weighted by atomic mass is 16.5. The van der Waals surface area contributed by atoms with Gasteiger partial charge in [-0.15, -0.1) is 0 Å². The highest BCUT2D eigenvalue weighted by Crippen LogP contribution is 2.14. The number of piperidine rings is 2. The average molecular weight is 671 g/mol. The number of carbonyl (C=O) groups is 4. The molecule has 48 heavy (non-hydrogen) atoms. The molecule has 2 saturated heterocycles. The second kappa shape index (κ2) is 24.1. The van der Waals surface area contributed by atoms with Crippen LogP contribution in [0.3, 0.4) is 0 Å². The van der Waals surface area contributed by atoms with Crippen LogP contribution < -0.4 is 40.1 Å². The van der Waals surface area contributed by atoms with Crippen LogP contribution in [0, 0.1) is 0 Å². The Morgan fingerprint density at radius 2 is 1.00 bits per heavy atom. The third-order valence-electron chi connectivity index (χ3n) is 7.92. The third-order valence-corrected chi connectivity index (χ3v) is 7.92. The summed E-state index contributed by atoms with van der Waals surface area (Å²) in [6.45, 7) is 13.1. The molecule has 2 aromatic carbocycles. The summed E-state index contributed by atoms with van der Waals surface area (Å²) in [4.78, 5) is 42.7. The van der Waals surface area contributed by atoms with Crippen molar-refractivity contribution in [2.45, 2.75) is 78.3 Å². The molecule has 0 unspecified atom stereocenters. The fourth-order valence-electron chi connectivity index (χ4n) is 5.58. The molecule has 4 rings (SSSR count). The lowest BCUT2D eigenvalue weighted by atomic mass is 10.1.